The molecule has 0 radical (unpaired) electrons. The maximum Gasteiger partial charge on any atom is 0.344 e. The summed E-state index contributed by atoms with van der Waals surface area (Å²) in [4.78, 5) is 12.2. The van der Waals surface area contributed by atoms with Crippen LogP contribution in [0.5, 0.6) is 11.5 Å². The summed E-state index contributed by atoms with van der Waals surface area (Å²) in [6, 6.07) is 9.49. The number of methoxy groups -OCH3 is 2. The van der Waals surface area contributed by atoms with Crippen molar-refractivity contribution in [2.45, 2.75) is 13.2 Å². The van der Waals surface area contributed by atoms with Crippen LogP contribution in [0.1, 0.15) is 27.7 Å². The third kappa shape index (κ3) is 2.74. The summed E-state index contributed by atoms with van der Waals surface area (Å²) < 4.78 is 16.9. The van der Waals surface area contributed by atoms with Crippen molar-refractivity contribution in [3.63, 3.8) is 0 Å². The molecule has 0 saturated carbocycles. The minimum Gasteiger partial charge on any atom is -0.493 e. The summed E-state index contributed by atoms with van der Waals surface area (Å²) in [6.45, 7) is 2.01. The number of rotatable bonds is 4. The van der Waals surface area contributed by atoms with Crippen LogP contribution in [0.25, 0.3) is 0 Å². The minimum atomic E-state index is -0.573. The van der Waals surface area contributed by atoms with Gasteiger partial charge in [0.05, 0.1) is 19.9 Å². The summed E-state index contributed by atoms with van der Waals surface area (Å²) >= 11 is 3.51. The van der Waals surface area contributed by atoms with Gasteiger partial charge in [0, 0.05) is 10.0 Å². The Kier molecular flexibility index (Phi) is 4.17. The fourth-order valence-electron chi connectivity index (χ4n) is 2.59. The number of halogens is 1. The molecule has 0 unspecified atom stereocenters. The number of esters is 1. The molecule has 0 amide bonds. The van der Waals surface area contributed by atoms with Crippen LogP contribution in [0.3, 0.4) is 0 Å². The Labute approximate surface area is 142 Å². The molecule has 0 fully saturated rings. The number of ether oxygens (including phenoxy) is 3. The van der Waals surface area contributed by atoms with E-state index in [2.05, 4.69) is 21.2 Å². The molecule has 0 aromatic heterocycles. The molecule has 0 spiro atoms. The number of nitrogens with one attached hydrogen (secondary N) is 1. The van der Waals surface area contributed by atoms with Crippen LogP contribution in [0, 0.1) is 6.92 Å². The van der Waals surface area contributed by atoms with Crippen molar-refractivity contribution >= 4 is 27.6 Å². The Morgan fingerprint density at radius 2 is 1.96 bits per heavy atom. The zero-order valence-electron chi connectivity index (χ0n) is 13.0. The highest BCUT2D eigenvalue weighted by atomic mass is 79.9. The van der Waals surface area contributed by atoms with E-state index in [4.69, 9.17) is 14.2 Å². The Balaban J connectivity index is 1.99. The number of hydrogen-bond acceptors (Lipinski definition) is 5. The molecule has 2 aromatic carbocycles. The van der Waals surface area contributed by atoms with Crippen molar-refractivity contribution < 1.29 is 19.0 Å². The lowest BCUT2D eigenvalue weighted by Gasteiger charge is -2.16. The van der Waals surface area contributed by atoms with Gasteiger partial charge in [-0.3, -0.25) is 0 Å². The topological polar surface area (TPSA) is 56.8 Å². The van der Waals surface area contributed by atoms with Crippen molar-refractivity contribution in [2.24, 2.45) is 0 Å². The standard InChI is InChI=1S/C17H16BrNO4/c1-9-4-6-12(11(18)8-9)19-16-10-5-7-13(21-2)15(22-3)14(10)17(20)23-16/h4-8,16,19H,1-3H3/t16-/m1/s1. The van der Waals surface area contributed by atoms with Gasteiger partial charge >= 0.3 is 5.97 Å². The van der Waals surface area contributed by atoms with Gasteiger partial charge in [-0.1, -0.05) is 6.07 Å². The smallest absolute Gasteiger partial charge is 0.344 e. The third-order valence-electron chi connectivity index (χ3n) is 3.70. The molecule has 2 aromatic rings. The molecule has 1 N–H and O–H groups in total. The SMILES string of the molecule is COc1ccc2c(c1OC)C(=O)O[C@H]2Nc1ccc(C)cc1Br. The van der Waals surface area contributed by atoms with Gasteiger partial charge in [0.2, 0.25) is 6.23 Å². The van der Waals surface area contributed by atoms with Gasteiger partial charge in [-0.2, -0.15) is 0 Å². The first-order valence-corrected chi connectivity index (χ1v) is 7.83. The van der Waals surface area contributed by atoms with Gasteiger partial charge in [0.15, 0.2) is 11.5 Å². The molecule has 1 aliphatic heterocycles. The lowest BCUT2D eigenvalue weighted by atomic mass is 10.1. The number of hydrogen-bond donors (Lipinski definition) is 1. The van der Waals surface area contributed by atoms with Crippen LogP contribution in [0.2, 0.25) is 0 Å². The largest absolute Gasteiger partial charge is 0.493 e. The zero-order chi connectivity index (χ0) is 16.6. The molecule has 5 nitrogen and oxygen atoms in total. The third-order valence-corrected chi connectivity index (χ3v) is 4.36. The first-order chi connectivity index (χ1) is 11.0. The predicted molar refractivity (Wildman–Crippen MR) is 90.2 cm³/mol. The van der Waals surface area contributed by atoms with E-state index in [0.29, 0.717) is 17.1 Å². The van der Waals surface area contributed by atoms with Gasteiger partial charge in [0.25, 0.3) is 0 Å². The Hall–Kier alpha value is -2.21. The fraction of sp³-hybridized carbons (Fsp3) is 0.235. The molecule has 120 valence electrons. The molecule has 0 bridgehead atoms. The van der Waals surface area contributed by atoms with Gasteiger partial charge < -0.3 is 19.5 Å². The number of anilines is 1. The lowest BCUT2D eigenvalue weighted by molar-refractivity contribution is 0.0435. The highest BCUT2D eigenvalue weighted by molar-refractivity contribution is 9.10. The second-order valence-corrected chi connectivity index (χ2v) is 6.03. The molecule has 0 saturated heterocycles. The molecule has 1 aliphatic rings. The number of aryl methyl sites for hydroxylation is 1. The van der Waals surface area contributed by atoms with Gasteiger partial charge in [-0.15, -0.1) is 0 Å². The monoisotopic (exact) mass is 377 g/mol. The van der Waals surface area contributed by atoms with E-state index in [9.17, 15) is 4.79 Å². The van der Waals surface area contributed by atoms with E-state index in [1.165, 1.54) is 14.2 Å². The zero-order valence-corrected chi connectivity index (χ0v) is 14.6. The summed E-state index contributed by atoms with van der Waals surface area (Å²) in [5.41, 5.74) is 3.10. The van der Waals surface area contributed by atoms with E-state index >= 15 is 0 Å². The average molecular weight is 378 g/mol. The second-order valence-electron chi connectivity index (χ2n) is 5.18. The first kappa shape index (κ1) is 15.7. The average Bonchev–Trinajstić information content (AvgIpc) is 2.85. The Bertz CT molecular complexity index is 775. The number of carbonyl (C=O) groups is 1. The molecule has 1 heterocycles. The highest BCUT2D eigenvalue weighted by Crippen LogP contribution is 2.42. The minimum absolute atomic E-state index is 0.391. The van der Waals surface area contributed by atoms with Gasteiger partial charge in [-0.25, -0.2) is 4.79 Å². The quantitative estimate of drug-likeness (QED) is 0.814. The Morgan fingerprint density at radius 1 is 1.17 bits per heavy atom. The van der Waals surface area contributed by atoms with Gasteiger partial charge in [-0.05, 0) is 52.7 Å². The van der Waals surface area contributed by atoms with Crippen LogP contribution < -0.4 is 14.8 Å². The predicted octanol–water partition coefficient (Wildman–Crippen LogP) is 4.06. The van der Waals surface area contributed by atoms with Crippen LogP contribution >= 0.6 is 15.9 Å². The summed E-state index contributed by atoms with van der Waals surface area (Å²) in [6.07, 6.45) is -0.573. The number of fused-ring (bicyclic) bond motifs is 1. The van der Waals surface area contributed by atoms with Crippen LogP contribution in [-0.2, 0) is 4.74 Å². The second kappa shape index (κ2) is 6.12. The summed E-state index contributed by atoms with van der Waals surface area (Å²) in [5.74, 6) is 0.458. The number of cyclic esters (lactones) is 1. The molecule has 1 atom stereocenters. The lowest BCUT2D eigenvalue weighted by Crippen LogP contribution is -2.10. The highest BCUT2D eigenvalue weighted by Gasteiger charge is 2.36. The molecule has 23 heavy (non-hydrogen) atoms. The normalized spacial score (nSPS) is 15.8. The maximum atomic E-state index is 12.2. The van der Waals surface area contributed by atoms with Crippen LogP contribution in [-0.4, -0.2) is 20.2 Å². The number of benzene rings is 2. The van der Waals surface area contributed by atoms with Crippen LogP contribution in [0.15, 0.2) is 34.8 Å². The van der Waals surface area contributed by atoms with E-state index in [0.717, 1.165) is 21.3 Å². The molecular formula is C17H16BrNO4. The van der Waals surface area contributed by atoms with Crippen molar-refractivity contribution in [3.8, 4) is 11.5 Å². The summed E-state index contributed by atoms with van der Waals surface area (Å²) in [7, 11) is 3.03. The van der Waals surface area contributed by atoms with Crippen molar-refractivity contribution in [3.05, 3.63) is 51.5 Å². The van der Waals surface area contributed by atoms with Crippen molar-refractivity contribution in [1.29, 1.82) is 0 Å². The fourth-order valence-corrected chi connectivity index (χ4v) is 3.19. The molecular weight excluding hydrogens is 362 g/mol. The molecule has 6 heteroatoms. The van der Waals surface area contributed by atoms with E-state index in [1.54, 1.807) is 12.1 Å². The van der Waals surface area contributed by atoms with Crippen LogP contribution in [0.4, 0.5) is 5.69 Å². The van der Waals surface area contributed by atoms with Crippen molar-refractivity contribution in [2.75, 3.05) is 19.5 Å². The van der Waals surface area contributed by atoms with E-state index < -0.39 is 12.2 Å². The molecule has 0 aliphatic carbocycles. The molecule has 3 rings (SSSR count). The first-order valence-electron chi connectivity index (χ1n) is 7.03. The van der Waals surface area contributed by atoms with E-state index in [1.807, 2.05) is 25.1 Å². The number of carbonyl (C=O) groups excluding carboxylic acids is 1. The Morgan fingerprint density at radius 3 is 2.61 bits per heavy atom. The van der Waals surface area contributed by atoms with E-state index in [-0.39, 0.29) is 0 Å². The van der Waals surface area contributed by atoms with Gasteiger partial charge in [0.1, 0.15) is 5.56 Å². The van der Waals surface area contributed by atoms with Crippen molar-refractivity contribution in [1.82, 2.24) is 0 Å². The maximum absolute atomic E-state index is 12.2. The summed E-state index contributed by atoms with van der Waals surface area (Å²) in [5, 5.41) is 3.23.